The second-order valence-corrected chi connectivity index (χ2v) is 6.06. The molecule has 0 spiro atoms. The van der Waals surface area contributed by atoms with Crippen molar-refractivity contribution in [2.45, 2.75) is 25.9 Å². The lowest BCUT2D eigenvalue weighted by Gasteiger charge is -2.21. The Morgan fingerprint density at radius 1 is 1.36 bits per heavy atom. The van der Waals surface area contributed by atoms with Crippen molar-refractivity contribution in [1.29, 1.82) is 0 Å². The molecule has 0 saturated carbocycles. The normalized spacial score (nSPS) is 17.8. The van der Waals surface area contributed by atoms with Crippen LogP contribution in [-0.4, -0.2) is 27.7 Å². The number of ether oxygens (including phenoxy) is 1. The Labute approximate surface area is 145 Å². The van der Waals surface area contributed by atoms with Gasteiger partial charge in [0.2, 0.25) is 0 Å². The van der Waals surface area contributed by atoms with Gasteiger partial charge in [0, 0.05) is 30.4 Å². The summed E-state index contributed by atoms with van der Waals surface area (Å²) < 4.78 is 21.5. The molecule has 2 aromatic heterocycles. The first-order chi connectivity index (χ1) is 12.2. The van der Waals surface area contributed by atoms with E-state index in [9.17, 15) is 4.39 Å². The van der Waals surface area contributed by atoms with E-state index < -0.39 is 0 Å². The highest BCUT2D eigenvalue weighted by molar-refractivity contribution is 5.53. The number of anilines is 1. The fraction of sp³-hybridized carbons (Fsp3) is 0.333. The summed E-state index contributed by atoms with van der Waals surface area (Å²) in [7, 11) is 0. The molecule has 6 nitrogen and oxygen atoms in total. The van der Waals surface area contributed by atoms with E-state index in [1.807, 2.05) is 18.5 Å². The fourth-order valence-electron chi connectivity index (χ4n) is 3.08. The minimum atomic E-state index is -0.272. The lowest BCUT2D eigenvalue weighted by atomic mass is 10.0. The molecule has 1 aliphatic rings. The predicted octanol–water partition coefficient (Wildman–Crippen LogP) is 2.91. The van der Waals surface area contributed by atoms with E-state index in [4.69, 9.17) is 4.74 Å². The minimum Gasteiger partial charge on any atom is -0.492 e. The van der Waals surface area contributed by atoms with Gasteiger partial charge in [0.05, 0.1) is 12.2 Å². The number of aromatic nitrogens is 3. The third kappa shape index (κ3) is 3.15. The van der Waals surface area contributed by atoms with Crippen LogP contribution in [0, 0.1) is 5.82 Å². The average molecular weight is 341 g/mol. The van der Waals surface area contributed by atoms with Crippen molar-refractivity contribution in [3.8, 4) is 5.75 Å². The summed E-state index contributed by atoms with van der Waals surface area (Å²) in [6.07, 6.45) is 4.47. The van der Waals surface area contributed by atoms with Crippen molar-refractivity contribution in [2.24, 2.45) is 0 Å². The van der Waals surface area contributed by atoms with Crippen LogP contribution in [0.25, 0.3) is 5.65 Å². The summed E-state index contributed by atoms with van der Waals surface area (Å²) in [4.78, 5) is 4.69. The van der Waals surface area contributed by atoms with Crippen molar-refractivity contribution in [1.82, 2.24) is 19.9 Å². The summed E-state index contributed by atoms with van der Waals surface area (Å²) in [5, 5.41) is 11.1. The molecular formula is C18H20FN5O. The summed E-state index contributed by atoms with van der Waals surface area (Å²) >= 11 is 0. The summed E-state index contributed by atoms with van der Waals surface area (Å²) in [5.74, 6) is 1.16. The van der Waals surface area contributed by atoms with E-state index >= 15 is 0 Å². The van der Waals surface area contributed by atoms with E-state index in [1.54, 1.807) is 10.6 Å². The van der Waals surface area contributed by atoms with Crippen LogP contribution in [0.5, 0.6) is 5.75 Å². The molecule has 4 rings (SSSR count). The number of hydrogen-bond donors (Lipinski definition) is 2. The molecule has 0 aliphatic carbocycles. The van der Waals surface area contributed by atoms with Crippen LogP contribution >= 0.6 is 0 Å². The second-order valence-electron chi connectivity index (χ2n) is 6.06. The molecule has 1 aliphatic heterocycles. The topological polar surface area (TPSA) is 63.5 Å². The molecule has 1 aromatic carbocycles. The van der Waals surface area contributed by atoms with Gasteiger partial charge >= 0.3 is 0 Å². The SMILES string of the molecule is CCC1Nc2ccn3ncc(c3n2)CNCCOc2ccc(F)cc21. The average Bonchev–Trinajstić information content (AvgIpc) is 3.02. The number of nitrogens with one attached hydrogen (secondary N) is 2. The standard InChI is InChI=1S/C18H20FN5O/c1-2-15-14-9-13(19)3-4-16(14)25-8-6-20-10-12-11-21-24-7-5-17(22-15)23-18(12)24/h3-5,7,9,11,15,20H,2,6,8,10H2,1H3,(H,22,23). The first-order valence-corrected chi connectivity index (χ1v) is 8.47. The Morgan fingerprint density at radius 3 is 3.16 bits per heavy atom. The van der Waals surface area contributed by atoms with Gasteiger partial charge in [-0.05, 0) is 30.7 Å². The van der Waals surface area contributed by atoms with Gasteiger partial charge in [0.25, 0.3) is 0 Å². The number of hydrogen-bond acceptors (Lipinski definition) is 5. The Morgan fingerprint density at radius 2 is 2.28 bits per heavy atom. The molecule has 3 aromatic rings. The van der Waals surface area contributed by atoms with Gasteiger partial charge in [-0.15, -0.1) is 0 Å². The largest absolute Gasteiger partial charge is 0.492 e. The monoisotopic (exact) mass is 341 g/mol. The predicted molar refractivity (Wildman–Crippen MR) is 93.2 cm³/mol. The van der Waals surface area contributed by atoms with Crippen LogP contribution in [0.15, 0.2) is 36.7 Å². The van der Waals surface area contributed by atoms with Crippen molar-refractivity contribution in [2.75, 3.05) is 18.5 Å². The van der Waals surface area contributed by atoms with E-state index in [0.717, 1.165) is 29.0 Å². The van der Waals surface area contributed by atoms with Gasteiger partial charge in [-0.1, -0.05) is 6.92 Å². The molecule has 0 radical (unpaired) electrons. The Balaban J connectivity index is 1.78. The molecule has 0 amide bonds. The Bertz CT molecular complexity index is 894. The van der Waals surface area contributed by atoms with E-state index in [0.29, 0.717) is 25.4 Å². The number of nitrogens with zero attached hydrogens (tertiary/aromatic N) is 3. The second kappa shape index (κ2) is 6.68. The third-order valence-electron chi connectivity index (χ3n) is 4.37. The molecule has 2 bridgehead atoms. The summed E-state index contributed by atoms with van der Waals surface area (Å²) in [5.41, 5.74) is 2.64. The lowest BCUT2D eigenvalue weighted by Crippen LogP contribution is -2.21. The summed E-state index contributed by atoms with van der Waals surface area (Å²) in [6.45, 7) is 3.90. The van der Waals surface area contributed by atoms with Gasteiger partial charge in [0.1, 0.15) is 24.0 Å². The molecule has 1 unspecified atom stereocenters. The van der Waals surface area contributed by atoms with Gasteiger partial charge in [-0.25, -0.2) is 13.9 Å². The van der Waals surface area contributed by atoms with Crippen molar-refractivity contribution in [3.05, 3.63) is 53.6 Å². The van der Waals surface area contributed by atoms with Gasteiger partial charge in [-0.3, -0.25) is 0 Å². The molecular weight excluding hydrogens is 321 g/mol. The zero-order valence-electron chi connectivity index (χ0n) is 14.0. The molecule has 0 fully saturated rings. The summed E-state index contributed by atoms with van der Waals surface area (Å²) in [6, 6.07) is 6.44. The highest BCUT2D eigenvalue weighted by Gasteiger charge is 2.18. The molecule has 3 heterocycles. The first kappa shape index (κ1) is 15.8. The highest BCUT2D eigenvalue weighted by atomic mass is 19.1. The maximum atomic E-state index is 13.8. The maximum absolute atomic E-state index is 13.8. The molecule has 130 valence electrons. The smallest absolute Gasteiger partial charge is 0.161 e. The third-order valence-corrected chi connectivity index (χ3v) is 4.37. The van der Waals surface area contributed by atoms with Crippen LogP contribution in [0.1, 0.15) is 30.5 Å². The minimum absolute atomic E-state index is 0.0965. The number of fused-ring (bicyclic) bond motifs is 2. The lowest BCUT2D eigenvalue weighted by molar-refractivity contribution is 0.308. The number of halogens is 1. The van der Waals surface area contributed by atoms with Crippen LogP contribution in [0.4, 0.5) is 10.2 Å². The van der Waals surface area contributed by atoms with E-state index in [1.165, 1.54) is 12.1 Å². The van der Waals surface area contributed by atoms with Crippen LogP contribution < -0.4 is 15.4 Å². The number of benzene rings is 1. The fourth-order valence-corrected chi connectivity index (χ4v) is 3.08. The zero-order valence-corrected chi connectivity index (χ0v) is 14.0. The Kier molecular flexibility index (Phi) is 4.23. The van der Waals surface area contributed by atoms with Crippen LogP contribution in [-0.2, 0) is 6.54 Å². The molecule has 1 atom stereocenters. The quantitative estimate of drug-likeness (QED) is 0.713. The van der Waals surface area contributed by atoms with Crippen LogP contribution in [0.2, 0.25) is 0 Å². The van der Waals surface area contributed by atoms with E-state index in [2.05, 4.69) is 27.6 Å². The van der Waals surface area contributed by atoms with Crippen molar-refractivity contribution in [3.63, 3.8) is 0 Å². The molecule has 2 N–H and O–H groups in total. The molecule has 25 heavy (non-hydrogen) atoms. The molecule has 7 heteroatoms. The van der Waals surface area contributed by atoms with Crippen molar-refractivity contribution < 1.29 is 9.13 Å². The molecule has 0 saturated heterocycles. The van der Waals surface area contributed by atoms with Crippen LogP contribution in [0.3, 0.4) is 0 Å². The van der Waals surface area contributed by atoms with E-state index in [-0.39, 0.29) is 11.9 Å². The first-order valence-electron chi connectivity index (χ1n) is 8.47. The highest BCUT2D eigenvalue weighted by Crippen LogP contribution is 2.31. The number of rotatable bonds is 1. The van der Waals surface area contributed by atoms with Gasteiger partial charge in [0.15, 0.2) is 5.65 Å². The van der Waals surface area contributed by atoms with Gasteiger partial charge < -0.3 is 15.4 Å². The maximum Gasteiger partial charge on any atom is 0.161 e. The Hall–Kier alpha value is -2.67. The van der Waals surface area contributed by atoms with Gasteiger partial charge in [-0.2, -0.15) is 5.10 Å². The van der Waals surface area contributed by atoms with Crippen molar-refractivity contribution >= 4 is 11.5 Å². The zero-order chi connectivity index (χ0) is 17.2.